The molecule has 0 saturated carbocycles. The zero-order valence-electron chi connectivity index (χ0n) is 13.9. The van der Waals surface area contributed by atoms with Crippen LogP contribution in [0.4, 0.5) is 16.3 Å². The number of thiazole rings is 1. The summed E-state index contributed by atoms with van der Waals surface area (Å²) >= 11 is 1.66. The number of amides is 2. The second-order valence-corrected chi connectivity index (χ2v) is 6.77. The van der Waals surface area contributed by atoms with Gasteiger partial charge in [-0.2, -0.15) is 0 Å². The van der Waals surface area contributed by atoms with Gasteiger partial charge in [0.15, 0.2) is 5.82 Å². The summed E-state index contributed by atoms with van der Waals surface area (Å²) in [7, 11) is 0. The SMILES string of the molecule is Cc1ccc2nc(-c3ccc(NC(=O)Nc4cnccn4)cc3)sc2c1. The molecule has 0 unspecified atom stereocenters. The van der Waals surface area contributed by atoms with Gasteiger partial charge in [0.25, 0.3) is 0 Å². The summed E-state index contributed by atoms with van der Waals surface area (Å²) in [5.41, 5.74) is 3.93. The topological polar surface area (TPSA) is 79.8 Å². The number of fused-ring (bicyclic) bond motifs is 1. The Balaban J connectivity index is 1.48. The van der Waals surface area contributed by atoms with Crippen LogP contribution in [0.2, 0.25) is 0 Å². The van der Waals surface area contributed by atoms with Gasteiger partial charge in [-0.3, -0.25) is 10.3 Å². The quantitative estimate of drug-likeness (QED) is 0.554. The lowest BCUT2D eigenvalue weighted by Crippen LogP contribution is -2.20. The van der Waals surface area contributed by atoms with E-state index >= 15 is 0 Å². The number of anilines is 2. The molecule has 0 radical (unpaired) electrons. The fraction of sp³-hybridized carbons (Fsp3) is 0.0526. The summed E-state index contributed by atoms with van der Waals surface area (Å²) in [5.74, 6) is 0.395. The van der Waals surface area contributed by atoms with Gasteiger partial charge in [-0.1, -0.05) is 6.07 Å². The Hall–Kier alpha value is -3.32. The maximum Gasteiger partial charge on any atom is 0.324 e. The van der Waals surface area contributed by atoms with E-state index in [1.807, 2.05) is 30.3 Å². The first-order valence-electron chi connectivity index (χ1n) is 7.99. The van der Waals surface area contributed by atoms with E-state index in [4.69, 9.17) is 0 Å². The molecule has 7 heteroatoms. The number of hydrogen-bond acceptors (Lipinski definition) is 5. The van der Waals surface area contributed by atoms with Crippen molar-refractivity contribution in [2.45, 2.75) is 6.92 Å². The molecule has 2 N–H and O–H groups in total. The van der Waals surface area contributed by atoms with Crippen molar-refractivity contribution in [1.82, 2.24) is 15.0 Å². The predicted octanol–water partition coefficient (Wildman–Crippen LogP) is 4.71. The van der Waals surface area contributed by atoms with Crippen molar-refractivity contribution in [3.05, 3.63) is 66.6 Å². The predicted molar refractivity (Wildman–Crippen MR) is 104 cm³/mol. The van der Waals surface area contributed by atoms with E-state index in [0.29, 0.717) is 11.5 Å². The number of carbonyl (C=O) groups is 1. The Kier molecular flexibility index (Phi) is 4.28. The summed E-state index contributed by atoms with van der Waals surface area (Å²) in [6, 6.07) is 13.5. The van der Waals surface area contributed by atoms with Gasteiger partial charge in [-0.15, -0.1) is 11.3 Å². The first-order chi connectivity index (χ1) is 12.7. The Bertz CT molecular complexity index is 1060. The molecule has 26 heavy (non-hydrogen) atoms. The van der Waals surface area contributed by atoms with Crippen molar-refractivity contribution in [2.75, 3.05) is 10.6 Å². The van der Waals surface area contributed by atoms with Gasteiger partial charge in [0.05, 0.1) is 16.4 Å². The van der Waals surface area contributed by atoms with E-state index < -0.39 is 0 Å². The van der Waals surface area contributed by atoms with Crippen molar-refractivity contribution in [2.24, 2.45) is 0 Å². The van der Waals surface area contributed by atoms with Crippen LogP contribution in [-0.4, -0.2) is 21.0 Å². The molecular weight excluding hydrogens is 346 g/mol. The molecule has 4 aromatic rings. The van der Waals surface area contributed by atoms with Crippen LogP contribution < -0.4 is 10.6 Å². The van der Waals surface area contributed by atoms with Crippen molar-refractivity contribution in [3.63, 3.8) is 0 Å². The lowest BCUT2D eigenvalue weighted by molar-refractivity contribution is 0.262. The van der Waals surface area contributed by atoms with Crippen LogP contribution in [0.15, 0.2) is 61.1 Å². The molecule has 0 atom stereocenters. The van der Waals surface area contributed by atoms with Crippen molar-refractivity contribution in [1.29, 1.82) is 0 Å². The number of benzene rings is 2. The largest absolute Gasteiger partial charge is 0.324 e. The number of nitrogens with zero attached hydrogens (tertiary/aromatic N) is 3. The third kappa shape index (κ3) is 3.52. The van der Waals surface area contributed by atoms with E-state index in [1.54, 1.807) is 17.5 Å². The Labute approximate surface area is 154 Å². The molecule has 0 aliphatic carbocycles. The van der Waals surface area contributed by atoms with Gasteiger partial charge in [0.2, 0.25) is 0 Å². The number of aromatic nitrogens is 3. The average Bonchev–Trinajstić information content (AvgIpc) is 3.06. The summed E-state index contributed by atoms with van der Waals surface area (Å²) in [5, 5.41) is 6.35. The molecule has 2 amide bonds. The van der Waals surface area contributed by atoms with Crippen LogP contribution in [-0.2, 0) is 0 Å². The van der Waals surface area contributed by atoms with E-state index in [1.165, 1.54) is 22.7 Å². The molecule has 0 bridgehead atoms. The Morgan fingerprint density at radius 3 is 2.65 bits per heavy atom. The van der Waals surface area contributed by atoms with E-state index in [0.717, 1.165) is 16.1 Å². The second-order valence-electron chi connectivity index (χ2n) is 5.74. The van der Waals surface area contributed by atoms with Crippen LogP contribution in [0.3, 0.4) is 0 Å². The highest BCUT2D eigenvalue weighted by atomic mass is 32.1. The Morgan fingerprint density at radius 1 is 1.04 bits per heavy atom. The fourth-order valence-corrected chi connectivity index (χ4v) is 3.56. The van der Waals surface area contributed by atoms with E-state index in [9.17, 15) is 4.79 Å². The highest BCUT2D eigenvalue weighted by Crippen LogP contribution is 2.31. The summed E-state index contributed by atoms with van der Waals surface area (Å²) in [4.78, 5) is 24.6. The summed E-state index contributed by atoms with van der Waals surface area (Å²) in [6.07, 6.45) is 4.55. The first kappa shape index (κ1) is 16.2. The lowest BCUT2D eigenvalue weighted by atomic mass is 10.2. The van der Waals surface area contributed by atoms with Gasteiger partial charge in [-0.25, -0.2) is 14.8 Å². The molecule has 0 spiro atoms. The minimum Gasteiger partial charge on any atom is -0.308 e. The van der Waals surface area contributed by atoms with Crippen molar-refractivity contribution in [3.8, 4) is 10.6 Å². The van der Waals surface area contributed by atoms with E-state index in [-0.39, 0.29) is 6.03 Å². The molecule has 128 valence electrons. The van der Waals surface area contributed by atoms with Crippen molar-refractivity contribution >= 4 is 39.1 Å². The third-order valence-electron chi connectivity index (χ3n) is 3.74. The van der Waals surface area contributed by atoms with Crippen LogP contribution >= 0.6 is 11.3 Å². The minimum absolute atomic E-state index is 0.367. The van der Waals surface area contributed by atoms with Gasteiger partial charge in [0.1, 0.15) is 5.01 Å². The molecular formula is C19H15N5OS. The molecule has 4 rings (SSSR count). The number of nitrogens with one attached hydrogen (secondary N) is 2. The molecule has 0 fully saturated rings. The summed E-state index contributed by atoms with van der Waals surface area (Å²) in [6.45, 7) is 2.07. The molecule has 6 nitrogen and oxygen atoms in total. The third-order valence-corrected chi connectivity index (χ3v) is 4.81. The van der Waals surface area contributed by atoms with Gasteiger partial charge in [-0.05, 0) is 48.9 Å². The number of hydrogen-bond donors (Lipinski definition) is 2. The second kappa shape index (κ2) is 6.89. The number of urea groups is 1. The zero-order valence-corrected chi connectivity index (χ0v) is 14.7. The first-order valence-corrected chi connectivity index (χ1v) is 8.81. The van der Waals surface area contributed by atoms with Crippen LogP contribution in [0.25, 0.3) is 20.8 Å². The van der Waals surface area contributed by atoms with Gasteiger partial charge < -0.3 is 5.32 Å². The molecule has 2 aromatic carbocycles. The minimum atomic E-state index is -0.367. The fourth-order valence-electron chi connectivity index (χ4n) is 2.49. The number of rotatable bonds is 3. The molecule has 0 saturated heterocycles. The lowest BCUT2D eigenvalue weighted by Gasteiger charge is -2.07. The maximum absolute atomic E-state index is 12.0. The molecule has 0 aliphatic rings. The van der Waals surface area contributed by atoms with Crippen LogP contribution in [0.1, 0.15) is 5.56 Å². The van der Waals surface area contributed by atoms with Crippen LogP contribution in [0.5, 0.6) is 0 Å². The summed E-state index contributed by atoms with van der Waals surface area (Å²) < 4.78 is 1.17. The molecule has 2 aromatic heterocycles. The van der Waals surface area contributed by atoms with Crippen LogP contribution in [0, 0.1) is 6.92 Å². The highest BCUT2D eigenvalue weighted by Gasteiger charge is 2.08. The number of aryl methyl sites for hydroxylation is 1. The van der Waals surface area contributed by atoms with Gasteiger partial charge >= 0.3 is 6.03 Å². The van der Waals surface area contributed by atoms with Gasteiger partial charge in [0, 0.05) is 23.6 Å². The Morgan fingerprint density at radius 2 is 1.88 bits per heavy atom. The normalized spacial score (nSPS) is 10.7. The van der Waals surface area contributed by atoms with E-state index in [2.05, 4.69) is 44.6 Å². The molecule has 2 heterocycles. The number of carbonyl (C=O) groups excluding carboxylic acids is 1. The average molecular weight is 361 g/mol. The standard InChI is InChI=1S/C19H15N5OS/c1-12-2-7-15-16(10-12)26-18(23-15)13-3-5-14(6-4-13)22-19(25)24-17-11-20-8-9-21-17/h2-11H,1H3,(H2,21,22,24,25). The zero-order chi connectivity index (χ0) is 17.9. The highest BCUT2D eigenvalue weighted by molar-refractivity contribution is 7.21. The monoisotopic (exact) mass is 361 g/mol. The maximum atomic E-state index is 12.0. The smallest absolute Gasteiger partial charge is 0.308 e. The van der Waals surface area contributed by atoms with Crippen molar-refractivity contribution < 1.29 is 4.79 Å². The molecule has 0 aliphatic heterocycles.